The van der Waals surface area contributed by atoms with Crippen molar-refractivity contribution in [3.05, 3.63) is 48.4 Å². The van der Waals surface area contributed by atoms with Gasteiger partial charge < -0.3 is 19.3 Å². The molecule has 1 aliphatic rings. The van der Waals surface area contributed by atoms with Gasteiger partial charge in [-0.25, -0.2) is 4.98 Å². The first-order valence-electron chi connectivity index (χ1n) is 13.0. The Bertz CT molecular complexity index is 1130. The molecule has 1 saturated heterocycles. The van der Waals surface area contributed by atoms with E-state index in [1.165, 1.54) is 5.56 Å². The molecule has 0 spiro atoms. The molecule has 3 heterocycles. The molecule has 0 saturated carbocycles. The van der Waals surface area contributed by atoms with Crippen LogP contribution >= 0.6 is 11.8 Å². The summed E-state index contributed by atoms with van der Waals surface area (Å²) in [7, 11) is 3.72. The van der Waals surface area contributed by atoms with Crippen LogP contribution in [0.5, 0.6) is 5.75 Å². The third-order valence-corrected chi connectivity index (χ3v) is 8.54. The number of carboxylic acid groups (broad SMARTS) is 1. The lowest BCUT2D eigenvalue weighted by atomic mass is 9.79. The lowest BCUT2D eigenvalue weighted by molar-refractivity contribution is -0.137. The Morgan fingerprint density at radius 1 is 1.17 bits per heavy atom. The Balaban J connectivity index is 1.29. The van der Waals surface area contributed by atoms with Crippen LogP contribution in [-0.2, 0) is 18.3 Å². The second-order valence-corrected chi connectivity index (χ2v) is 10.9. The standard InChI is InChI=1S/C28H38N4O3S/c1-31-17-14-30-28(31)36-18-4-15-32-16-12-21(23(20-32)7-10-27(33)34)5-3-6-22-11-13-29-26-9-8-24(35-2)19-25(22)26/h8-9,11,13-14,17,19,21,23H,3-7,10,12,15-16,18,20H2,1-2H3,(H,33,34)/t21-,23+/m1/s1. The number of carboxylic acids is 1. The van der Waals surface area contributed by atoms with Crippen molar-refractivity contribution < 1.29 is 14.6 Å². The number of aryl methyl sites for hydroxylation is 2. The number of methoxy groups -OCH3 is 1. The van der Waals surface area contributed by atoms with E-state index in [2.05, 4.69) is 31.6 Å². The summed E-state index contributed by atoms with van der Waals surface area (Å²) in [6.45, 7) is 3.19. The number of thioether (sulfide) groups is 1. The molecule has 7 nitrogen and oxygen atoms in total. The van der Waals surface area contributed by atoms with Crippen molar-refractivity contribution in [3.8, 4) is 5.75 Å². The number of fused-ring (bicyclic) bond motifs is 1. The summed E-state index contributed by atoms with van der Waals surface area (Å²) in [4.78, 5) is 22.8. The van der Waals surface area contributed by atoms with Crippen molar-refractivity contribution in [1.82, 2.24) is 19.4 Å². The van der Waals surface area contributed by atoms with Gasteiger partial charge in [0, 0.05) is 49.7 Å². The third-order valence-electron chi connectivity index (χ3n) is 7.39. The molecule has 0 radical (unpaired) electrons. The monoisotopic (exact) mass is 510 g/mol. The van der Waals surface area contributed by atoms with Gasteiger partial charge >= 0.3 is 5.97 Å². The molecule has 1 aromatic carbocycles. The summed E-state index contributed by atoms with van der Waals surface area (Å²) >= 11 is 1.80. The van der Waals surface area contributed by atoms with E-state index in [0.29, 0.717) is 11.8 Å². The average Bonchev–Trinajstić information content (AvgIpc) is 3.30. The number of hydrogen-bond acceptors (Lipinski definition) is 6. The first-order valence-corrected chi connectivity index (χ1v) is 14.0. The highest BCUT2D eigenvalue weighted by Crippen LogP contribution is 2.32. The number of carbonyl (C=O) groups is 1. The van der Waals surface area contributed by atoms with Gasteiger partial charge in [0.15, 0.2) is 5.16 Å². The molecule has 1 aliphatic heterocycles. The Morgan fingerprint density at radius 3 is 2.83 bits per heavy atom. The number of piperidine rings is 1. The molecular weight excluding hydrogens is 472 g/mol. The maximum Gasteiger partial charge on any atom is 0.303 e. The van der Waals surface area contributed by atoms with E-state index in [0.717, 1.165) is 85.7 Å². The number of aromatic nitrogens is 3. The van der Waals surface area contributed by atoms with E-state index in [-0.39, 0.29) is 6.42 Å². The van der Waals surface area contributed by atoms with Crippen LogP contribution in [0.4, 0.5) is 0 Å². The van der Waals surface area contributed by atoms with Crippen LogP contribution in [0, 0.1) is 11.8 Å². The molecule has 0 unspecified atom stereocenters. The summed E-state index contributed by atoms with van der Waals surface area (Å²) in [6.07, 6.45) is 12.3. The van der Waals surface area contributed by atoms with E-state index in [1.54, 1.807) is 18.9 Å². The van der Waals surface area contributed by atoms with Crippen molar-refractivity contribution in [2.45, 2.75) is 50.1 Å². The molecule has 8 heteroatoms. The molecule has 1 fully saturated rings. The number of imidazole rings is 1. The fourth-order valence-electron chi connectivity index (χ4n) is 5.40. The lowest BCUT2D eigenvalue weighted by Crippen LogP contribution is -2.41. The molecule has 2 aromatic heterocycles. The molecule has 0 aliphatic carbocycles. The van der Waals surface area contributed by atoms with E-state index < -0.39 is 5.97 Å². The molecular formula is C28H38N4O3S. The highest BCUT2D eigenvalue weighted by molar-refractivity contribution is 7.99. The van der Waals surface area contributed by atoms with Crippen LogP contribution in [0.25, 0.3) is 10.9 Å². The average molecular weight is 511 g/mol. The van der Waals surface area contributed by atoms with Crippen molar-refractivity contribution in [2.75, 3.05) is 32.5 Å². The predicted octanol–water partition coefficient (Wildman–Crippen LogP) is 5.28. The largest absolute Gasteiger partial charge is 0.497 e. The van der Waals surface area contributed by atoms with Gasteiger partial charge in [-0.15, -0.1) is 0 Å². The summed E-state index contributed by atoms with van der Waals surface area (Å²) in [5, 5.41) is 11.5. The highest BCUT2D eigenvalue weighted by atomic mass is 32.2. The number of nitrogens with zero attached hydrogens (tertiary/aromatic N) is 4. The van der Waals surface area contributed by atoms with Crippen molar-refractivity contribution in [3.63, 3.8) is 0 Å². The Morgan fingerprint density at radius 2 is 2.06 bits per heavy atom. The third kappa shape index (κ3) is 7.23. The van der Waals surface area contributed by atoms with Crippen LogP contribution in [0.15, 0.2) is 48.0 Å². The van der Waals surface area contributed by atoms with Crippen molar-refractivity contribution >= 4 is 28.6 Å². The maximum atomic E-state index is 11.3. The number of likely N-dealkylation sites (tertiary alicyclic amines) is 1. The van der Waals surface area contributed by atoms with Gasteiger partial charge in [-0.3, -0.25) is 9.78 Å². The predicted molar refractivity (Wildman–Crippen MR) is 145 cm³/mol. The number of ether oxygens (including phenoxy) is 1. The second-order valence-electron chi connectivity index (χ2n) is 9.81. The Kier molecular flexibility index (Phi) is 9.64. The minimum Gasteiger partial charge on any atom is -0.497 e. The first kappa shape index (κ1) is 26.5. The summed E-state index contributed by atoms with van der Waals surface area (Å²) < 4.78 is 7.48. The molecule has 0 amide bonds. The molecule has 2 atom stereocenters. The zero-order chi connectivity index (χ0) is 25.3. The van der Waals surface area contributed by atoms with Gasteiger partial charge in [0.05, 0.1) is 12.6 Å². The number of rotatable bonds is 13. The molecule has 4 rings (SSSR count). The smallest absolute Gasteiger partial charge is 0.303 e. The number of benzene rings is 1. The number of aliphatic carboxylic acids is 1. The first-order chi connectivity index (χ1) is 17.5. The topological polar surface area (TPSA) is 80.5 Å². The minimum absolute atomic E-state index is 0.263. The highest BCUT2D eigenvalue weighted by Gasteiger charge is 2.29. The lowest BCUT2D eigenvalue weighted by Gasteiger charge is -2.39. The van der Waals surface area contributed by atoms with Crippen LogP contribution in [0.2, 0.25) is 0 Å². The fourth-order valence-corrected chi connectivity index (χ4v) is 6.26. The number of pyridine rings is 1. The zero-order valence-corrected chi connectivity index (χ0v) is 22.3. The van der Waals surface area contributed by atoms with Crippen LogP contribution < -0.4 is 4.74 Å². The van der Waals surface area contributed by atoms with Gasteiger partial charge in [-0.1, -0.05) is 11.8 Å². The van der Waals surface area contributed by atoms with E-state index in [1.807, 2.05) is 37.8 Å². The van der Waals surface area contributed by atoms with Gasteiger partial charge in [-0.2, -0.15) is 0 Å². The van der Waals surface area contributed by atoms with Gasteiger partial charge in [0.1, 0.15) is 5.75 Å². The van der Waals surface area contributed by atoms with Crippen LogP contribution in [-0.4, -0.2) is 63.0 Å². The molecule has 3 aromatic rings. The SMILES string of the molecule is COc1ccc2nccc(CCC[C@@H]3CCN(CCCSc4nccn4C)C[C@@H]3CCC(=O)O)c2c1. The molecule has 194 valence electrons. The van der Waals surface area contributed by atoms with Crippen LogP contribution in [0.3, 0.4) is 0 Å². The maximum absolute atomic E-state index is 11.3. The summed E-state index contributed by atoms with van der Waals surface area (Å²) in [6, 6.07) is 8.18. The molecule has 1 N–H and O–H groups in total. The Labute approximate surface area is 218 Å². The normalized spacial score (nSPS) is 18.5. The Hall–Kier alpha value is -2.58. The van der Waals surface area contributed by atoms with E-state index in [9.17, 15) is 9.90 Å². The zero-order valence-electron chi connectivity index (χ0n) is 21.4. The van der Waals surface area contributed by atoms with Crippen LogP contribution in [0.1, 0.15) is 44.1 Å². The van der Waals surface area contributed by atoms with Gasteiger partial charge in [-0.05, 0) is 93.3 Å². The van der Waals surface area contributed by atoms with Crippen molar-refractivity contribution in [2.24, 2.45) is 18.9 Å². The second kappa shape index (κ2) is 13.1. The fraction of sp³-hybridized carbons (Fsp3) is 0.536. The molecule has 0 bridgehead atoms. The quantitative estimate of drug-likeness (QED) is 0.247. The van der Waals surface area contributed by atoms with Gasteiger partial charge in [0.2, 0.25) is 0 Å². The van der Waals surface area contributed by atoms with E-state index >= 15 is 0 Å². The minimum atomic E-state index is -0.686. The molecule has 36 heavy (non-hydrogen) atoms. The number of hydrogen-bond donors (Lipinski definition) is 1. The summed E-state index contributed by atoms with van der Waals surface area (Å²) in [5.74, 6) is 2.26. The van der Waals surface area contributed by atoms with E-state index in [4.69, 9.17) is 4.74 Å². The summed E-state index contributed by atoms with van der Waals surface area (Å²) in [5.41, 5.74) is 2.31. The van der Waals surface area contributed by atoms with Crippen molar-refractivity contribution in [1.29, 1.82) is 0 Å². The van der Waals surface area contributed by atoms with Gasteiger partial charge in [0.25, 0.3) is 0 Å².